The van der Waals surface area contributed by atoms with E-state index in [4.69, 9.17) is 21.2 Å². The first-order chi connectivity index (χ1) is 8.61. The molecule has 0 aliphatic carbocycles. The van der Waals surface area contributed by atoms with E-state index in [-0.39, 0.29) is 0 Å². The Morgan fingerprint density at radius 2 is 2.11 bits per heavy atom. The van der Waals surface area contributed by atoms with Gasteiger partial charge in [-0.25, -0.2) is 4.79 Å². The molecule has 0 radical (unpaired) electrons. The van der Waals surface area contributed by atoms with Gasteiger partial charge in [-0.1, -0.05) is 29.4 Å². The van der Waals surface area contributed by atoms with Gasteiger partial charge in [0.1, 0.15) is 11.4 Å². The molecule has 0 aliphatic rings. The smallest absolute Gasteiger partial charge is 0.409 e. The lowest BCUT2D eigenvalue weighted by atomic mass is 10.1. The Bertz CT molecular complexity index is 563. The Kier molecular flexibility index (Phi) is 3.53. The lowest BCUT2D eigenvalue weighted by molar-refractivity contribution is 0.209. The van der Waals surface area contributed by atoms with E-state index in [0.717, 1.165) is 11.1 Å². The van der Waals surface area contributed by atoms with Gasteiger partial charge in [-0.15, -0.1) is 11.6 Å². The van der Waals surface area contributed by atoms with Crippen molar-refractivity contribution in [1.29, 1.82) is 0 Å². The highest BCUT2D eigenvalue weighted by Crippen LogP contribution is 2.31. The van der Waals surface area contributed by atoms with Crippen molar-refractivity contribution in [2.75, 3.05) is 5.32 Å². The first-order valence-corrected chi connectivity index (χ1v) is 5.76. The largest absolute Gasteiger partial charge is 0.465 e. The quantitative estimate of drug-likeness (QED) is 0.834. The molecule has 2 N–H and O–H groups in total. The number of carboxylic acid groups (broad SMARTS) is 1. The standard InChI is InChI=1S/C12H11ClN2O3/c1-7-10(14-12(16)17)11(18-15-7)9-4-2-8(6-13)3-5-9/h2-5,14H,6H2,1H3,(H,16,17). The summed E-state index contributed by atoms with van der Waals surface area (Å²) in [6.45, 7) is 1.67. The first-order valence-electron chi connectivity index (χ1n) is 5.23. The maximum atomic E-state index is 10.7. The van der Waals surface area contributed by atoms with Crippen LogP contribution in [0, 0.1) is 6.92 Å². The van der Waals surface area contributed by atoms with Gasteiger partial charge >= 0.3 is 6.09 Å². The summed E-state index contributed by atoms with van der Waals surface area (Å²) in [4.78, 5) is 10.7. The number of benzene rings is 1. The number of hydrogen-bond donors (Lipinski definition) is 2. The second-order valence-electron chi connectivity index (χ2n) is 3.73. The molecule has 1 heterocycles. The van der Waals surface area contributed by atoms with Crippen LogP contribution in [0.25, 0.3) is 11.3 Å². The molecule has 0 unspecified atom stereocenters. The van der Waals surface area contributed by atoms with Gasteiger partial charge in [0, 0.05) is 11.4 Å². The summed E-state index contributed by atoms with van der Waals surface area (Å²) in [5, 5.41) is 14.8. The number of nitrogens with one attached hydrogen (secondary N) is 1. The third-order valence-corrected chi connectivity index (χ3v) is 2.77. The Morgan fingerprint density at radius 3 is 2.67 bits per heavy atom. The summed E-state index contributed by atoms with van der Waals surface area (Å²) in [6.07, 6.45) is -1.15. The van der Waals surface area contributed by atoms with Crippen molar-refractivity contribution in [3.8, 4) is 11.3 Å². The van der Waals surface area contributed by atoms with Crippen LogP contribution in [0.4, 0.5) is 10.5 Å². The highest BCUT2D eigenvalue weighted by Gasteiger charge is 2.16. The molecule has 0 bridgehead atoms. The second-order valence-corrected chi connectivity index (χ2v) is 4.00. The normalized spacial score (nSPS) is 10.3. The molecular weight excluding hydrogens is 256 g/mol. The molecule has 2 aromatic rings. The predicted molar refractivity (Wildman–Crippen MR) is 67.9 cm³/mol. The van der Waals surface area contributed by atoms with Gasteiger partial charge in [-0.05, 0) is 12.5 Å². The number of hydrogen-bond acceptors (Lipinski definition) is 3. The van der Waals surface area contributed by atoms with Crippen molar-refractivity contribution in [2.24, 2.45) is 0 Å². The maximum Gasteiger partial charge on any atom is 0.409 e. The van der Waals surface area contributed by atoms with Crippen LogP contribution in [0.5, 0.6) is 0 Å². The van der Waals surface area contributed by atoms with Crippen LogP contribution < -0.4 is 5.32 Å². The van der Waals surface area contributed by atoms with Gasteiger partial charge in [0.2, 0.25) is 0 Å². The Labute approximate surface area is 108 Å². The number of aromatic nitrogens is 1. The van der Waals surface area contributed by atoms with Crippen molar-refractivity contribution >= 4 is 23.4 Å². The molecule has 1 amide bonds. The lowest BCUT2D eigenvalue weighted by Crippen LogP contribution is -2.08. The summed E-state index contributed by atoms with van der Waals surface area (Å²) in [5.74, 6) is 0.826. The molecule has 2 rings (SSSR count). The van der Waals surface area contributed by atoms with E-state index in [2.05, 4.69) is 10.5 Å². The predicted octanol–water partition coefficient (Wildman–Crippen LogP) is 3.48. The summed E-state index contributed by atoms with van der Waals surface area (Å²) in [7, 11) is 0. The number of amides is 1. The Balaban J connectivity index is 2.40. The lowest BCUT2D eigenvalue weighted by Gasteiger charge is -2.02. The van der Waals surface area contributed by atoms with Gasteiger partial charge in [0.25, 0.3) is 0 Å². The second kappa shape index (κ2) is 5.10. The highest BCUT2D eigenvalue weighted by atomic mass is 35.5. The summed E-state index contributed by atoms with van der Waals surface area (Å²) >= 11 is 5.70. The molecule has 6 heteroatoms. The van der Waals surface area contributed by atoms with E-state index < -0.39 is 6.09 Å². The monoisotopic (exact) mass is 266 g/mol. The number of halogens is 1. The summed E-state index contributed by atoms with van der Waals surface area (Å²) in [6, 6.07) is 7.32. The molecule has 18 heavy (non-hydrogen) atoms. The Morgan fingerprint density at radius 1 is 1.44 bits per heavy atom. The number of nitrogens with zero attached hydrogens (tertiary/aromatic N) is 1. The molecule has 0 saturated heterocycles. The topological polar surface area (TPSA) is 75.4 Å². The molecule has 1 aromatic heterocycles. The minimum absolute atomic E-state index is 0.362. The molecule has 0 atom stereocenters. The maximum absolute atomic E-state index is 10.7. The number of carbonyl (C=O) groups is 1. The molecule has 0 spiro atoms. The molecule has 94 valence electrons. The van der Waals surface area contributed by atoms with Crippen LogP contribution in [-0.2, 0) is 5.88 Å². The SMILES string of the molecule is Cc1noc(-c2ccc(CCl)cc2)c1NC(=O)O. The van der Waals surface area contributed by atoms with Crippen LogP contribution >= 0.6 is 11.6 Å². The fraction of sp³-hybridized carbons (Fsp3) is 0.167. The average molecular weight is 267 g/mol. The molecule has 5 nitrogen and oxygen atoms in total. The van der Waals surface area contributed by atoms with Crippen LogP contribution in [0.3, 0.4) is 0 Å². The van der Waals surface area contributed by atoms with E-state index in [1.807, 2.05) is 24.3 Å². The van der Waals surface area contributed by atoms with Crippen LogP contribution in [-0.4, -0.2) is 16.4 Å². The third kappa shape index (κ3) is 2.46. The van der Waals surface area contributed by atoms with Crippen molar-refractivity contribution in [1.82, 2.24) is 5.16 Å². The number of aryl methyl sites for hydroxylation is 1. The van der Waals surface area contributed by atoms with Gasteiger partial charge in [-0.3, -0.25) is 5.32 Å². The van der Waals surface area contributed by atoms with Gasteiger partial charge < -0.3 is 9.63 Å². The fourth-order valence-corrected chi connectivity index (χ4v) is 1.74. The van der Waals surface area contributed by atoms with Gasteiger partial charge in [0.05, 0.1) is 0 Å². The first kappa shape index (κ1) is 12.4. The van der Waals surface area contributed by atoms with E-state index in [1.54, 1.807) is 6.92 Å². The third-order valence-electron chi connectivity index (χ3n) is 2.47. The van der Waals surface area contributed by atoms with E-state index in [1.165, 1.54) is 0 Å². The van der Waals surface area contributed by atoms with E-state index in [0.29, 0.717) is 23.0 Å². The van der Waals surface area contributed by atoms with Crippen LogP contribution in [0.1, 0.15) is 11.3 Å². The zero-order valence-electron chi connectivity index (χ0n) is 9.61. The van der Waals surface area contributed by atoms with Crippen molar-refractivity contribution in [2.45, 2.75) is 12.8 Å². The molecular formula is C12H11ClN2O3. The summed E-state index contributed by atoms with van der Waals surface area (Å²) in [5.41, 5.74) is 2.58. The Hall–Kier alpha value is -2.01. The fourth-order valence-electron chi connectivity index (χ4n) is 1.57. The van der Waals surface area contributed by atoms with Gasteiger partial charge in [-0.2, -0.15) is 0 Å². The van der Waals surface area contributed by atoms with Crippen molar-refractivity contribution < 1.29 is 14.4 Å². The van der Waals surface area contributed by atoms with E-state index >= 15 is 0 Å². The number of alkyl halides is 1. The van der Waals surface area contributed by atoms with Gasteiger partial charge in [0.15, 0.2) is 5.76 Å². The average Bonchev–Trinajstić information content (AvgIpc) is 2.71. The van der Waals surface area contributed by atoms with Crippen molar-refractivity contribution in [3.63, 3.8) is 0 Å². The van der Waals surface area contributed by atoms with E-state index in [9.17, 15) is 4.79 Å². The number of anilines is 1. The van der Waals surface area contributed by atoms with Crippen LogP contribution in [0.15, 0.2) is 28.8 Å². The zero-order valence-corrected chi connectivity index (χ0v) is 10.4. The minimum atomic E-state index is -1.15. The van der Waals surface area contributed by atoms with Crippen molar-refractivity contribution in [3.05, 3.63) is 35.5 Å². The van der Waals surface area contributed by atoms with Crippen LogP contribution in [0.2, 0.25) is 0 Å². The summed E-state index contributed by atoms with van der Waals surface area (Å²) < 4.78 is 5.15. The molecule has 0 aliphatic heterocycles. The minimum Gasteiger partial charge on any atom is -0.465 e. The number of rotatable bonds is 3. The molecule has 1 aromatic carbocycles. The zero-order chi connectivity index (χ0) is 13.1. The molecule has 0 saturated carbocycles. The molecule has 0 fully saturated rings. The highest BCUT2D eigenvalue weighted by molar-refractivity contribution is 6.17.